The van der Waals surface area contributed by atoms with Crippen molar-refractivity contribution in [2.24, 2.45) is 16.7 Å². The average molecular weight is 1040 g/mol. The second-order valence-corrected chi connectivity index (χ2v) is 22.5. The Hall–Kier alpha value is -6.68. The monoisotopic (exact) mass is 1040 g/mol. The third-order valence-electron chi connectivity index (χ3n) is 17.7. The van der Waals surface area contributed by atoms with Gasteiger partial charge in [-0.1, -0.05) is 18.9 Å². The van der Waals surface area contributed by atoms with E-state index in [0.717, 1.165) is 65.0 Å². The van der Waals surface area contributed by atoms with Gasteiger partial charge in [-0.15, -0.1) is 6.42 Å². The molecule has 5 aromatic rings. The Morgan fingerprint density at radius 3 is 2.39 bits per heavy atom. The summed E-state index contributed by atoms with van der Waals surface area (Å²) >= 11 is 0. The summed E-state index contributed by atoms with van der Waals surface area (Å²) in [6, 6.07) is 10.2. The predicted molar refractivity (Wildman–Crippen MR) is 285 cm³/mol. The van der Waals surface area contributed by atoms with Gasteiger partial charge in [-0.2, -0.15) is 9.97 Å². The van der Waals surface area contributed by atoms with E-state index in [9.17, 15) is 24.6 Å². The highest BCUT2D eigenvalue weighted by Gasteiger charge is 2.46. The number of hydrogen-bond acceptors (Lipinski definition) is 13. The van der Waals surface area contributed by atoms with Gasteiger partial charge in [0.05, 0.1) is 36.0 Å². The van der Waals surface area contributed by atoms with E-state index in [4.69, 9.17) is 20.9 Å². The molecule has 3 aromatic carbocycles. The van der Waals surface area contributed by atoms with Gasteiger partial charge in [0.2, 0.25) is 5.91 Å². The molecule has 4 saturated heterocycles. The number of imide groups is 1. The number of urea groups is 1. The number of phenols is 1. The molecule has 0 bridgehead atoms. The summed E-state index contributed by atoms with van der Waals surface area (Å²) in [4.78, 5) is 62.9. The van der Waals surface area contributed by atoms with Gasteiger partial charge in [0.25, 0.3) is 5.91 Å². The van der Waals surface area contributed by atoms with E-state index in [2.05, 4.69) is 31.0 Å². The molecule has 3 N–H and O–H groups in total. The van der Waals surface area contributed by atoms with Crippen molar-refractivity contribution >= 4 is 51.0 Å². The van der Waals surface area contributed by atoms with Crippen molar-refractivity contribution in [2.75, 3.05) is 95.5 Å². The van der Waals surface area contributed by atoms with Gasteiger partial charge in [-0.3, -0.25) is 24.8 Å². The molecule has 76 heavy (non-hydrogen) atoms. The first-order valence-electron chi connectivity index (χ1n) is 27.1. The van der Waals surface area contributed by atoms with Crippen LogP contribution in [0.25, 0.3) is 32.9 Å². The maximum absolute atomic E-state index is 17.2. The second kappa shape index (κ2) is 20.7. The van der Waals surface area contributed by atoms with Crippen LogP contribution in [-0.2, 0) is 4.79 Å². The number of likely N-dealkylation sites (tertiary alicyclic amines) is 1. The maximum atomic E-state index is 17.2. The number of aliphatic hydroxyl groups is 1. The number of phenolic OH excluding ortho intramolecular Hbond substituents is 1. The molecule has 1 spiro atoms. The SMILES string of the molecule is C#Cc1c(F)ccc2cc(O)cc(-c3ncc4c(N5CCCC(O)(CC)C5)nc(OCC5(CN6CCN(CC7CCC8(CC7)CCN(C(=O)c7ccc(OC)c(N9CCC(=O)NC9=O)c7)CC8)CC6)CC5)nc4c3F)c12. The number of benzene rings is 3. The number of halogens is 2. The summed E-state index contributed by atoms with van der Waals surface area (Å²) in [6.45, 7) is 10.7. The summed E-state index contributed by atoms with van der Waals surface area (Å²) in [5, 5.41) is 25.5. The molecular formula is C58H67F2N9O7. The van der Waals surface area contributed by atoms with Gasteiger partial charge in [0, 0.05) is 107 Å². The lowest BCUT2D eigenvalue weighted by Gasteiger charge is -2.47. The standard InChI is InChI=1S/C58H67F2N9O7/c1-4-41-44(59)9-7-38-29-40(70)31-42(48(38)41)50-49(60)51-43(32-61-50)52(68-21-6-14-58(74,5-2)35-68)64-54(63-51)76-36-57(17-18-57)34-66-27-25-65(26-28-66)33-37-11-15-56(16-12-37)19-23-67(24-20-56)53(72)39-8-10-46(75-3)45(30-39)69-22-13-47(71)62-55(69)73/h1,7-10,29-32,37,70,74H,5-6,11-28,33-36H2,2-3H3,(H,62,71,73). The molecule has 1 unspecified atom stereocenters. The van der Waals surface area contributed by atoms with Crippen molar-refractivity contribution in [3.63, 3.8) is 0 Å². The first-order chi connectivity index (χ1) is 36.7. The van der Waals surface area contributed by atoms with Crippen LogP contribution in [0.15, 0.2) is 48.7 Å². The minimum atomic E-state index is -0.946. The Kier molecular flexibility index (Phi) is 14.0. The fourth-order valence-corrected chi connectivity index (χ4v) is 12.7. The smallest absolute Gasteiger partial charge is 0.328 e. The third kappa shape index (κ3) is 10.2. The summed E-state index contributed by atoms with van der Waals surface area (Å²) in [5.74, 6) is 1.96. The topological polar surface area (TPSA) is 177 Å². The third-order valence-corrected chi connectivity index (χ3v) is 17.7. The van der Waals surface area contributed by atoms with Crippen LogP contribution < -0.4 is 24.6 Å². The molecule has 4 amide bonds. The number of terminal acetylenes is 1. The van der Waals surface area contributed by atoms with E-state index in [0.29, 0.717) is 91.6 Å². The number of amides is 4. The molecule has 2 aliphatic carbocycles. The Morgan fingerprint density at radius 1 is 0.921 bits per heavy atom. The van der Waals surface area contributed by atoms with Gasteiger partial charge in [0.15, 0.2) is 5.82 Å². The van der Waals surface area contributed by atoms with E-state index in [1.165, 1.54) is 68.2 Å². The van der Waals surface area contributed by atoms with E-state index in [1.807, 2.05) is 16.7 Å². The number of carbonyl (C=O) groups excluding carboxylic acids is 3. The molecule has 4 aliphatic heterocycles. The molecule has 6 heterocycles. The molecule has 16 nitrogen and oxygen atoms in total. The van der Waals surface area contributed by atoms with Crippen LogP contribution in [-0.4, -0.2) is 149 Å². The van der Waals surface area contributed by atoms with Crippen LogP contribution in [0.1, 0.15) is 99.9 Å². The highest BCUT2D eigenvalue weighted by molar-refractivity contribution is 6.07. The summed E-state index contributed by atoms with van der Waals surface area (Å²) in [7, 11) is 1.52. The Bertz CT molecular complexity index is 3120. The van der Waals surface area contributed by atoms with Crippen LogP contribution in [0, 0.1) is 40.7 Å². The number of rotatable bonds is 13. The number of nitrogens with one attached hydrogen (secondary N) is 1. The van der Waals surface area contributed by atoms with Crippen LogP contribution in [0.5, 0.6) is 17.5 Å². The van der Waals surface area contributed by atoms with Crippen molar-refractivity contribution in [1.82, 2.24) is 35.0 Å². The molecule has 0 radical (unpaired) electrons. The second-order valence-electron chi connectivity index (χ2n) is 22.5. The molecule has 11 rings (SSSR count). The quantitative estimate of drug-likeness (QED) is 0.0972. The first-order valence-corrected chi connectivity index (χ1v) is 27.1. The fraction of sp³-hybridized carbons (Fsp3) is 0.517. The zero-order valence-corrected chi connectivity index (χ0v) is 43.5. The lowest BCUT2D eigenvalue weighted by atomic mass is 9.65. The number of carbonyl (C=O) groups is 3. The van der Waals surface area contributed by atoms with Crippen LogP contribution in [0.4, 0.5) is 25.1 Å². The van der Waals surface area contributed by atoms with Gasteiger partial charge in [-0.25, -0.2) is 13.6 Å². The molecule has 1 atom stereocenters. The first kappa shape index (κ1) is 51.4. The zero-order chi connectivity index (χ0) is 52.9. The number of pyridine rings is 1. The molecule has 400 valence electrons. The Balaban J connectivity index is 0.700. The van der Waals surface area contributed by atoms with Crippen molar-refractivity contribution < 1.29 is 42.9 Å². The van der Waals surface area contributed by atoms with Crippen LogP contribution in [0.2, 0.25) is 0 Å². The van der Waals surface area contributed by atoms with Crippen LogP contribution >= 0.6 is 0 Å². The summed E-state index contributed by atoms with van der Waals surface area (Å²) in [5.41, 5.74) is 0.0843. The van der Waals surface area contributed by atoms with Gasteiger partial charge in [-0.05, 0) is 124 Å². The van der Waals surface area contributed by atoms with Gasteiger partial charge >= 0.3 is 12.0 Å². The average Bonchev–Trinajstić information content (AvgIpc) is 4.24. The number of nitrogens with zero attached hydrogens (tertiary/aromatic N) is 8. The number of aromatic nitrogens is 3. The number of piperidine rings is 2. The molecule has 18 heteroatoms. The van der Waals surface area contributed by atoms with E-state index < -0.39 is 23.3 Å². The molecule has 6 aliphatic rings. The van der Waals surface area contributed by atoms with Crippen molar-refractivity contribution in [3.8, 4) is 41.1 Å². The minimum absolute atomic E-state index is 0.0267. The molecule has 2 aromatic heterocycles. The normalized spacial score (nSPS) is 22.2. The van der Waals surface area contributed by atoms with Crippen molar-refractivity contribution in [2.45, 2.75) is 89.6 Å². The van der Waals surface area contributed by atoms with E-state index >= 15 is 8.78 Å². The summed E-state index contributed by atoms with van der Waals surface area (Å²) in [6.07, 6.45) is 18.0. The number of piperazine rings is 1. The van der Waals surface area contributed by atoms with Crippen molar-refractivity contribution in [3.05, 3.63) is 71.4 Å². The highest BCUT2D eigenvalue weighted by Crippen LogP contribution is 2.49. The van der Waals surface area contributed by atoms with E-state index in [1.54, 1.807) is 18.2 Å². The van der Waals surface area contributed by atoms with Crippen molar-refractivity contribution in [1.29, 1.82) is 0 Å². The summed E-state index contributed by atoms with van der Waals surface area (Å²) < 4.78 is 44.3. The maximum Gasteiger partial charge on any atom is 0.328 e. The number of aromatic hydroxyl groups is 1. The lowest BCUT2D eigenvalue weighted by Crippen LogP contribution is -2.50. The zero-order valence-electron chi connectivity index (χ0n) is 43.5. The van der Waals surface area contributed by atoms with Gasteiger partial charge < -0.3 is 39.3 Å². The van der Waals surface area contributed by atoms with Gasteiger partial charge in [0.1, 0.15) is 34.3 Å². The largest absolute Gasteiger partial charge is 0.508 e. The number of methoxy groups -OCH3 is 1. The predicted octanol–water partition coefficient (Wildman–Crippen LogP) is 7.90. The lowest BCUT2D eigenvalue weighted by molar-refractivity contribution is -0.120. The number of ether oxygens (including phenoxy) is 2. The minimum Gasteiger partial charge on any atom is -0.508 e. The fourth-order valence-electron chi connectivity index (χ4n) is 12.7. The molecule has 6 fully saturated rings. The molecule has 2 saturated carbocycles. The Morgan fingerprint density at radius 2 is 1.68 bits per heavy atom. The van der Waals surface area contributed by atoms with Crippen LogP contribution in [0.3, 0.4) is 0 Å². The molecular weight excluding hydrogens is 973 g/mol. The van der Waals surface area contributed by atoms with E-state index in [-0.39, 0.29) is 75.1 Å². The number of fused-ring (bicyclic) bond motifs is 2. The number of anilines is 2. The number of hydrogen-bond donors (Lipinski definition) is 3. The highest BCUT2D eigenvalue weighted by atomic mass is 19.1. The Labute approximate surface area is 441 Å². The number of β-amino-alcohol motifs (C(OH)–C–C–N with tert-alkyl or cyclic N) is 1.